The molecule has 0 aromatic rings. The maximum Gasteiger partial charge on any atom is 0.0760 e. The van der Waals surface area contributed by atoms with Crippen LogP contribution in [0.1, 0.15) is 66.7 Å². The molecule has 0 saturated carbocycles. The summed E-state index contributed by atoms with van der Waals surface area (Å²) >= 11 is 0. The lowest BCUT2D eigenvalue weighted by Gasteiger charge is -2.07. The van der Waals surface area contributed by atoms with E-state index in [9.17, 15) is 5.11 Å². The first-order valence-corrected chi connectivity index (χ1v) is 8.26. The highest BCUT2D eigenvalue weighted by Gasteiger charge is 2.01. The average Bonchev–Trinajstić information content (AvgIpc) is 2.37. The summed E-state index contributed by atoms with van der Waals surface area (Å²) in [6.45, 7) is 10.5. The van der Waals surface area contributed by atoms with Crippen LogP contribution in [0.4, 0.5) is 0 Å². The summed E-state index contributed by atoms with van der Waals surface area (Å²) in [7, 11) is 0. The normalized spacial score (nSPS) is 15.0. The van der Waals surface area contributed by atoms with E-state index < -0.39 is 0 Å². The minimum absolute atomic E-state index is 0.136. The van der Waals surface area contributed by atoms with Gasteiger partial charge in [0.2, 0.25) is 0 Å². The lowest BCUT2D eigenvalue weighted by Crippen LogP contribution is -2.03. The Hall–Kier alpha value is -1.12. The molecule has 0 spiro atoms. The van der Waals surface area contributed by atoms with Crippen LogP contribution >= 0.6 is 0 Å². The number of rotatable bonds is 10. The standard InChI is InChI=1S/C20H34O2/c1-16(2)14-20(22)15-19(5)11-7-9-17(3)8-6-10-18(4)12-13-21/h8,11-12,14,20-22H,6-7,9-10,13,15H2,1-5H3/b17-8+,18-12+,19-11+/t20-/m1/s1. The molecule has 126 valence electrons. The van der Waals surface area contributed by atoms with Gasteiger partial charge in [0.05, 0.1) is 12.7 Å². The van der Waals surface area contributed by atoms with E-state index in [1.807, 2.05) is 26.0 Å². The van der Waals surface area contributed by atoms with Gasteiger partial charge in [-0.25, -0.2) is 0 Å². The maximum absolute atomic E-state index is 9.86. The first-order chi connectivity index (χ1) is 10.3. The van der Waals surface area contributed by atoms with Gasteiger partial charge < -0.3 is 10.2 Å². The van der Waals surface area contributed by atoms with Crippen LogP contribution in [-0.2, 0) is 0 Å². The molecule has 1 atom stereocenters. The summed E-state index contributed by atoms with van der Waals surface area (Å²) in [5, 5.41) is 18.7. The molecule has 0 amide bonds. The van der Waals surface area contributed by atoms with Crippen LogP contribution in [0.15, 0.2) is 46.6 Å². The Bertz CT molecular complexity index is 421. The van der Waals surface area contributed by atoms with Crippen molar-refractivity contribution in [2.45, 2.75) is 72.8 Å². The lowest BCUT2D eigenvalue weighted by molar-refractivity contribution is 0.222. The molecular formula is C20H34O2. The zero-order chi connectivity index (χ0) is 17.0. The topological polar surface area (TPSA) is 40.5 Å². The Labute approximate surface area is 137 Å². The lowest BCUT2D eigenvalue weighted by atomic mass is 10.0. The molecule has 0 unspecified atom stereocenters. The number of hydrogen-bond donors (Lipinski definition) is 2. The van der Waals surface area contributed by atoms with Crippen molar-refractivity contribution < 1.29 is 10.2 Å². The van der Waals surface area contributed by atoms with E-state index in [4.69, 9.17) is 5.11 Å². The Balaban J connectivity index is 4.08. The highest BCUT2D eigenvalue weighted by Crippen LogP contribution is 2.13. The van der Waals surface area contributed by atoms with Crippen molar-refractivity contribution in [3.05, 3.63) is 46.6 Å². The fourth-order valence-electron chi connectivity index (χ4n) is 2.31. The van der Waals surface area contributed by atoms with Crippen molar-refractivity contribution >= 4 is 0 Å². The second-order valence-electron chi connectivity index (χ2n) is 6.43. The molecule has 0 saturated heterocycles. The predicted molar refractivity (Wildman–Crippen MR) is 96.9 cm³/mol. The Morgan fingerprint density at radius 3 is 1.82 bits per heavy atom. The molecule has 0 radical (unpaired) electrons. The zero-order valence-electron chi connectivity index (χ0n) is 15.0. The van der Waals surface area contributed by atoms with Gasteiger partial charge in [0, 0.05) is 0 Å². The van der Waals surface area contributed by atoms with Crippen LogP contribution in [0.2, 0.25) is 0 Å². The van der Waals surface area contributed by atoms with E-state index in [2.05, 4.69) is 32.9 Å². The average molecular weight is 306 g/mol. The monoisotopic (exact) mass is 306 g/mol. The molecular weight excluding hydrogens is 272 g/mol. The molecule has 0 aromatic heterocycles. The smallest absolute Gasteiger partial charge is 0.0760 e. The highest BCUT2D eigenvalue weighted by atomic mass is 16.3. The second kappa shape index (κ2) is 12.4. The third-order valence-corrected chi connectivity index (χ3v) is 3.56. The molecule has 0 aliphatic carbocycles. The van der Waals surface area contributed by atoms with E-state index >= 15 is 0 Å². The van der Waals surface area contributed by atoms with Gasteiger partial charge in [-0.05, 0) is 66.7 Å². The van der Waals surface area contributed by atoms with Gasteiger partial charge >= 0.3 is 0 Å². The summed E-state index contributed by atoms with van der Waals surface area (Å²) in [6.07, 6.45) is 12.8. The number of aliphatic hydroxyl groups is 2. The number of aliphatic hydroxyl groups excluding tert-OH is 2. The number of hydrogen-bond acceptors (Lipinski definition) is 2. The second-order valence-corrected chi connectivity index (χ2v) is 6.43. The van der Waals surface area contributed by atoms with Gasteiger partial charge in [-0.15, -0.1) is 0 Å². The molecule has 0 bridgehead atoms. The van der Waals surface area contributed by atoms with E-state index in [0.29, 0.717) is 0 Å². The number of allylic oxidation sites excluding steroid dienone is 5. The van der Waals surface area contributed by atoms with Gasteiger partial charge in [-0.1, -0.05) is 46.6 Å². The molecule has 22 heavy (non-hydrogen) atoms. The van der Waals surface area contributed by atoms with Gasteiger partial charge in [-0.2, -0.15) is 0 Å². The molecule has 2 N–H and O–H groups in total. The highest BCUT2D eigenvalue weighted by molar-refractivity contribution is 5.08. The van der Waals surface area contributed by atoms with Gasteiger partial charge in [0.1, 0.15) is 0 Å². The van der Waals surface area contributed by atoms with E-state index in [1.165, 1.54) is 16.7 Å². The molecule has 0 fully saturated rings. The summed E-state index contributed by atoms with van der Waals surface area (Å²) in [4.78, 5) is 0. The maximum atomic E-state index is 9.86. The third-order valence-electron chi connectivity index (χ3n) is 3.56. The van der Waals surface area contributed by atoms with Crippen LogP contribution in [0.25, 0.3) is 0 Å². The van der Waals surface area contributed by atoms with E-state index in [0.717, 1.165) is 37.7 Å². The van der Waals surface area contributed by atoms with Crippen LogP contribution in [0.3, 0.4) is 0 Å². The summed E-state index contributed by atoms with van der Waals surface area (Å²) in [5.41, 5.74) is 5.06. The molecule has 0 rings (SSSR count). The SMILES string of the molecule is CC(C)=C[C@@H](O)C/C(C)=C/CC/C(C)=C/CC/C(C)=C/CO. The van der Waals surface area contributed by atoms with Crippen molar-refractivity contribution in [3.8, 4) is 0 Å². The van der Waals surface area contributed by atoms with Gasteiger partial charge in [0.15, 0.2) is 0 Å². The minimum Gasteiger partial charge on any atom is -0.392 e. The van der Waals surface area contributed by atoms with E-state index in [-0.39, 0.29) is 12.7 Å². The zero-order valence-corrected chi connectivity index (χ0v) is 15.0. The van der Waals surface area contributed by atoms with Crippen molar-refractivity contribution in [2.75, 3.05) is 6.61 Å². The Morgan fingerprint density at radius 2 is 1.32 bits per heavy atom. The molecule has 2 heteroatoms. The Morgan fingerprint density at radius 1 is 0.818 bits per heavy atom. The third kappa shape index (κ3) is 12.6. The van der Waals surface area contributed by atoms with Crippen molar-refractivity contribution in [2.24, 2.45) is 0 Å². The van der Waals surface area contributed by atoms with Crippen LogP contribution in [0, 0.1) is 0 Å². The molecule has 2 nitrogen and oxygen atoms in total. The summed E-state index contributed by atoms with van der Waals surface area (Å²) < 4.78 is 0. The first-order valence-electron chi connectivity index (χ1n) is 8.26. The fraction of sp³-hybridized carbons (Fsp3) is 0.600. The van der Waals surface area contributed by atoms with Crippen molar-refractivity contribution in [3.63, 3.8) is 0 Å². The van der Waals surface area contributed by atoms with Crippen LogP contribution in [0.5, 0.6) is 0 Å². The minimum atomic E-state index is -0.362. The molecule has 0 aliphatic heterocycles. The van der Waals surface area contributed by atoms with Crippen LogP contribution < -0.4 is 0 Å². The van der Waals surface area contributed by atoms with Gasteiger partial charge in [-0.3, -0.25) is 0 Å². The fourth-order valence-corrected chi connectivity index (χ4v) is 2.31. The van der Waals surface area contributed by atoms with E-state index in [1.54, 1.807) is 0 Å². The van der Waals surface area contributed by atoms with Gasteiger partial charge in [0.25, 0.3) is 0 Å². The van der Waals surface area contributed by atoms with Crippen molar-refractivity contribution in [1.29, 1.82) is 0 Å². The van der Waals surface area contributed by atoms with Crippen LogP contribution in [-0.4, -0.2) is 22.9 Å². The first kappa shape index (κ1) is 20.9. The molecule has 0 aromatic carbocycles. The summed E-state index contributed by atoms with van der Waals surface area (Å²) in [5.74, 6) is 0. The quantitative estimate of drug-likeness (QED) is 0.552. The molecule has 0 heterocycles. The van der Waals surface area contributed by atoms with Crippen molar-refractivity contribution in [1.82, 2.24) is 0 Å². The predicted octanol–water partition coefficient (Wildman–Crippen LogP) is 5.10. The summed E-state index contributed by atoms with van der Waals surface area (Å²) in [6, 6.07) is 0. The molecule has 0 aliphatic rings. The Kier molecular flexibility index (Phi) is 11.8. The largest absolute Gasteiger partial charge is 0.392 e.